The molecule has 5 heteroatoms. The molecule has 0 aromatic heterocycles. The highest BCUT2D eigenvalue weighted by Gasteiger charge is 2.22. The van der Waals surface area contributed by atoms with Crippen LogP contribution in [0.1, 0.15) is 32.4 Å². The van der Waals surface area contributed by atoms with E-state index in [4.69, 9.17) is 16.3 Å². The van der Waals surface area contributed by atoms with Gasteiger partial charge in [-0.1, -0.05) is 55.8 Å². The zero-order chi connectivity index (χ0) is 18.4. The summed E-state index contributed by atoms with van der Waals surface area (Å²) in [5.41, 5.74) is 1.73. The van der Waals surface area contributed by atoms with E-state index in [1.165, 1.54) is 0 Å². The average Bonchev–Trinajstić information content (AvgIpc) is 2.60. The Kier molecular flexibility index (Phi) is 6.85. The molecule has 2 aromatic rings. The Morgan fingerprint density at radius 3 is 2.36 bits per heavy atom. The van der Waals surface area contributed by atoms with Crippen molar-refractivity contribution in [2.24, 2.45) is 5.92 Å². The van der Waals surface area contributed by atoms with Gasteiger partial charge in [0.1, 0.15) is 5.75 Å². The molecular weight excluding hydrogens is 336 g/mol. The van der Waals surface area contributed by atoms with Crippen LogP contribution >= 0.6 is 11.6 Å². The topological polar surface area (TPSA) is 50.4 Å². The van der Waals surface area contributed by atoms with Crippen LogP contribution in [-0.4, -0.2) is 19.1 Å². The van der Waals surface area contributed by atoms with Crippen molar-refractivity contribution in [3.05, 3.63) is 59.1 Å². The molecule has 1 amide bonds. The Morgan fingerprint density at radius 1 is 1.08 bits per heavy atom. The maximum atomic E-state index is 12.6. The third-order valence-electron chi connectivity index (χ3n) is 4.07. The minimum atomic E-state index is -0.378. The lowest BCUT2D eigenvalue weighted by Gasteiger charge is -2.26. The fraction of sp³-hybridized carbons (Fsp3) is 0.350. The van der Waals surface area contributed by atoms with Crippen LogP contribution in [0, 0.1) is 5.92 Å². The lowest BCUT2D eigenvalue weighted by Crippen LogP contribution is -2.41. The van der Waals surface area contributed by atoms with Crippen LogP contribution in [-0.2, 0) is 4.79 Å². The summed E-state index contributed by atoms with van der Waals surface area (Å²) < 4.78 is 5.28. The number of hydrogen-bond acceptors (Lipinski definition) is 3. The van der Waals surface area contributed by atoms with Gasteiger partial charge in [-0.25, -0.2) is 0 Å². The maximum Gasteiger partial charge on any atom is 0.241 e. The van der Waals surface area contributed by atoms with Crippen LogP contribution in [0.4, 0.5) is 5.69 Å². The predicted molar refractivity (Wildman–Crippen MR) is 103 cm³/mol. The van der Waals surface area contributed by atoms with E-state index in [2.05, 4.69) is 36.6 Å². The molecule has 0 radical (unpaired) electrons. The van der Waals surface area contributed by atoms with Gasteiger partial charge >= 0.3 is 0 Å². The van der Waals surface area contributed by atoms with Crippen molar-refractivity contribution < 1.29 is 9.53 Å². The third-order valence-corrected chi connectivity index (χ3v) is 4.30. The fourth-order valence-corrected chi connectivity index (χ4v) is 2.87. The Morgan fingerprint density at radius 2 is 1.76 bits per heavy atom. The smallest absolute Gasteiger partial charge is 0.241 e. The molecule has 4 nitrogen and oxygen atoms in total. The van der Waals surface area contributed by atoms with Crippen molar-refractivity contribution in [1.82, 2.24) is 5.32 Å². The van der Waals surface area contributed by atoms with Gasteiger partial charge in [-0.15, -0.1) is 0 Å². The van der Waals surface area contributed by atoms with Crippen molar-refractivity contribution in [1.29, 1.82) is 0 Å². The summed E-state index contributed by atoms with van der Waals surface area (Å²) in [6.45, 7) is 6.12. The van der Waals surface area contributed by atoms with Crippen LogP contribution in [0.15, 0.2) is 48.5 Å². The summed E-state index contributed by atoms with van der Waals surface area (Å²) in [5, 5.41) is 6.85. The van der Waals surface area contributed by atoms with Crippen LogP contribution in [0.5, 0.6) is 5.75 Å². The molecule has 0 saturated carbocycles. The fourth-order valence-electron chi connectivity index (χ4n) is 2.70. The first-order chi connectivity index (χ1) is 11.9. The van der Waals surface area contributed by atoms with E-state index in [-0.39, 0.29) is 18.0 Å². The van der Waals surface area contributed by atoms with Crippen molar-refractivity contribution in [2.75, 3.05) is 12.4 Å². The minimum absolute atomic E-state index is 0.0863. The molecular formula is C20H25ClN2O2. The minimum Gasteiger partial charge on any atom is -0.495 e. The van der Waals surface area contributed by atoms with Gasteiger partial charge in [0, 0.05) is 11.1 Å². The van der Waals surface area contributed by atoms with Gasteiger partial charge in [0.2, 0.25) is 5.91 Å². The number of amides is 1. The quantitative estimate of drug-likeness (QED) is 0.754. The van der Waals surface area contributed by atoms with E-state index in [1.54, 1.807) is 25.3 Å². The second kappa shape index (κ2) is 8.88. The number of nitrogens with one attached hydrogen (secondary N) is 2. The molecule has 2 N–H and O–H groups in total. The normalized spacial score (nSPS) is 13.4. The zero-order valence-electron chi connectivity index (χ0n) is 15.0. The van der Waals surface area contributed by atoms with Gasteiger partial charge in [0.05, 0.1) is 18.8 Å². The summed E-state index contributed by atoms with van der Waals surface area (Å²) >= 11 is 6.02. The molecule has 0 aliphatic rings. The van der Waals surface area contributed by atoms with Gasteiger partial charge in [-0.2, -0.15) is 0 Å². The number of rotatable bonds is 7. The number of carbonyl (C=O) groups excluding carboxylic acids is 1. The van der Waals surface area contributed by atoms with E-state index in [1.807, 2.05) is 25.1 Å². The molecule has 2 aromatic carbocycles. The number of anilines is 1. The van der Waals surface area contributed by atoms with Crippen LogP contribution in [0.2, 0.25) is 5.02 Å². The van der Waals surface area contributed by atoms with Crippen molar-refractivity contribution in [3.63, 3.8) is 0 Å². The number of benzene rings is 2. The van der Waals surface area contributed by atoms with E-state index in [0.717, 1.165) is 5.56 Å². The number of carbonyl (C=O) groups is 1. The Bertz CT molecular complexity index is 704. The van der Waals surface area contributed by atoms with Crippen molar-refractivity contribution in [3.8, 4) is 5.75 Å². The summed E-state index contributed by atoms with van der Waals surface area (Å²) in [4.78, 5) is 12.6. The van der Waals surface area contributed by atoms with Gasteiger partial charge in [0.15, 0.2) is 0 Å². The Hall–Kier alpha value is -2.04. The summed E-state index contributed by atoms with van der Waals surface area (Å²) in [6, 6.07) is 15.0. The molecule has 0 aliphatic heterocycles. The van der Waals surface area contributed by atoms with E-state index in [9.17, 15) is 4.79 Å². The second-order valence-electron chi connectivity index (χ2n) is 6.35. The third kappa shape index (κ3) is 5.21. The van der Waals surface area contributed by atoms with Gasteiger partial charge in [-0.3, -0.25) is 10.1 Å². The van der Waals surface area contributed by atoms with Crippen molar-refractivity contribution >= 4 is 23.2 Å². The van der Waals surface area contributed by atoms with Crippen LogP contribution in [0.25, 0.3) is 0 Å². The number of ether oxygens (including phenoxy) is 1. The monoisotopic (exact) mass is 360 g/mol. The molecule has 134 valence electrons. The standard InChI is InChI=1S/C20H25ClN2O2/c1-13(2)19(15-8-6-5-7-9-15)22-14(3)20(24)23-17-12-16(21)10-11-18(17)25-4/h5-14,19,22H,1-4H3,(H,23,24)/t14-,19+/m0/s1. The Labute approximate surface area is 154 Å². The number of hydrogen-bond donors (Lipinski definition) is 2. The molecule has 0 spiro atoms. The maximum absolute atomic E-state index is 12.6. The largest absolute Gasteiger partial charge is 0.495 e. The molecule has 0 heterocycles. The summed E-state index contributed by atoms with van der Waals surface area (Å²) in [7, 11) is 1.56. The highest BCUT2D eigenvalue weighted by atomic mass is 35.5. The molecule has 0 aliphatic carbocycles. The summed E-state index contributed by atoms with van der Waals surface area (Å²) in [6.07, 6.45) is 0. The molecule has 25 heavy (non-hydrogen) atoms. The molecule has 2 atom stereocenters. The second-order valence-corrected chi connectivity index (χ2v) is 6.79. The van der Waals surface area contributed by atoms with Gasteiger partial charge in [0.25, 0.3) is 0 Å². The first-order valence-corrected chi connectivity index (χ1v) is 8.75. The SMILES string of the molecule is COc1ccc(Cl)cc1NC(=O)[C@H](C)N[C@@H](c1ccccc1)C(C)C. The Balaban J connectivity index is 2.10. The van der Waals surface area contributed by atoms with Crippen LogP contribution in [0.3, 0.4) is 0 Å². The summed E-state index contributed by atoms with van der Waals surface area (Å²) in [5.74, 6) is 0.786. The molecule has 0 fully saturated rings. The average molecular weight is 361 g/mol. The van der Waals surface area contributed by atoms with Gasteiger partial charge < -0.3 is 10.1 Å². The lowest BCUT2D eigenvalue weighted by atomic mass is 9.95. The highest BCUT2D eigenvalue weighted by molar-refractivity contribution is 6.31. The number of halogens is 1. The van der Waals surface area contributed by atoms with E-state index < -0.39 is 0 Å². The first-order valence-electron chi connectivity index (χ1n) is 8.37. The van der Waals surface area contributed by atoms with E-state index >= 15 is 0 Å². The highest BCUT2D eigenvalue weighted by Crippen LogP contribution is 2.28. The predicted octanol–water partition coefficient (Wildman–Crippen LogP) is 4.66. The molecule has 0 saturated heterocycles. The molecule has 2 rings (SSSR count). The lowest BCUT2D eigenvalue weighted by molar-refractivity contribution is -0.118. The number of methoxy groups -OCH3 is 1. The molecule has 0 unspecified atom stereocenters. The van der Waals surface area contributed by atoms with E-state index in [0.29, 0.717) is 22.4 Å². The zero-order valence-corrected chi connectivity index (χ0v) is 15.8. The van der Waals surface area contributed by atoms with Crippen LogP contribution < -0.4 is 15.4 Å². The first kappa shape index (κ1) is 19.3. The molecule has 0 bridgehead atoms. The van der Waals surface area contributed by atoms with Gasteiger partial charge in [-0.05, 0) is 36.6 Å². The van der Waals surface area contributed by atoms with Crippen molar-refractivity contribution in [2.45, 2.75) is 32.9 Å².